The smallest absolute Gasteiger partial charge is 0.0443 e. The van der Waals surface area contributed by atoms with Crippen LogP contribution in [0, 0.1) is 0 Å². The molecule has 0 aromatic heterocycles. The number of aliphatic hydroxyl groups is 1. The van der Waals surface area contributed by atoms with Crippen LogP contribution in [0.4, 0.5) is 0 Å². The molecule has 3 heteroatoms. The molecule has 0 aliphatic rings. The van der Waals surface area contributed by atoms with Gasteiger partial charge in [0.25, 0.3) is 0 Å². The van der Waals surface area contributed by atoms with Gasteiger partial charge in [0, 0.05) is 19.7 Å². The van der Waals surface area contributed by atoms with Crippen LogP contribution in [-0.4, -0.2) is 49.3 Å². The Bertz CT molecular complexity index is 123. The highest BCUT2D eigenvalue weighted by Crippen LogP contribution is 1.98. The van der Waals surface area contributed by atoms with Gasteiger partial charge in [-0.15, -0.1) is 0 Å². The Morgan fingerprint density at radius 3 is 2.00 bits per heavy atom. The van der Waals surface area contributed by atoms with Gasteiger partial charge in [-0.25, -0.2) is 0 Å². The van der Waals surface area contributed by atoms with Gasteiger partial charge in [-0.05, 0) is 38.9 Å². The maximum atomic E-state index is 8.66. The lowest BCUT2D eigenvalue weighted by molar-refractivity contribution is 0.259. The number of nitrogens with one attached hydrogen (secondary N) is 1. The number of hydrogen-bond donors (Lipinski definition) is 2. The van der Waals surface area contributed by atoms with E-state index in [1.165, 1.54) is 38.8 Å². The van der Waals surface area contributed by atoms with Crippen LogP contribution < -0.4 is 5.32 Å². The first-order valence-electron chi connectivity index (χ1n) is 6.89. The molecule has 16 heavy (non-hydrogen) atoms. The van der Waals surface area contributed by atoms with Crippen molar-refractivity contribution in [3.05, 3.63) is 0 Å². The first-order valence-corrected chi connectivity index (χ1v) is 6.89. The van der Waals surface area contributed by atoms with Gasteiger partial charge < -0.3 is 15.3 Å². The lowest BCUT2D eigenvalue weighted by atomic mass is 10.2. The third kappa shape index (κ3) is 10.4. The van der Waals surface area contributed by atoms with E-state index in [2.05, 4.69) is 24.1 Å². The van der Waals surface area contributed by atoms with Crippen LogP contribution in [0.2, 0.25) is 0 Å². The highest BCUT2D eigenvalue weighted by Gasteiger charge is 2.02. The van der Waals surface area contributed by atoms with Gasteiger partial charge in [0.15, 0.2) is 0 Å². The van der Waals surface area contributed by atoms with Crippen LogP contribution in [0.15, 0.2) is 0 Å². The summed E-state index contributed by atoms with van der Waals surface area (Å²) in [5, 5.41) is 12.0. The lowest BCUT2D eigenvalue weighted by Crippen LogP contribution is -2.34. The van der Waals surface area contributed by atoms with E-state index in [0.29, 0.717) is 6.61 Å². The van der Waals surface area contributed by atoms with E-state index < -0.39 is 0 Å². The normalized spacial score (nSPS) is 11.2. The Morgan fingerprint density at radius 2 is 1.50 bits per heavy atom. The van der Waals surface area contributed by atoms with Gasteiger partial charge in [0.2, 0.25) is 0 Å². The van der Waals surface area contributed by atoms with E-state index in [1.807, 2.05) is 0 Å². The molecule has 0 heterocycles. The summed E-state index contributed by atoms with van der Waals surface area (Å²) in [6.45, 7) is 10.4. The van der Waals surface area contributed by atoms with E-state index in [-0.39, 0.29) is 0 Å². The molecule has 0 aliphatic carbocycles. The van der Waals surface area contributed by atoms with Crippen LogP contribution in [0.3, 0.4) is 0 Å². The van der Waals surface area contributed by atoms with Gasteiger partial charge in [0.05, 0.1) is 0 Å². The fourth-order valence-corrected chi connectivity index (χ4v) is 1.67. The molecule has 0 atom stereocenters. The Hall–Kier alpha value is -0.120. The topological polar surface area (TPSA) is 35.5 Å². The summed E-state index contributed by atoms with van der Waals surface area (Å²) in [4.78, 5) is 2.55. The van der Waals surface area contributed by atoms with Crippen molar-refractivity contribution in [1.82, 2.24) is 10.2 Å². The summed E-state index contributed by atoms with van der Waals surface area (Å²) in [7, 11) is 0. The molecule has 0 aliphatic heterocycles. The Balaban J connectivity index is 3.48. The summed E-state index contributed by atoms with van der Waals surface area (Å²) in [6.07, 6.45) is 6.03. The summed E-state index contributed by atoms with van der Waals surface area (Å²) < 4.78 is 0. The lowest BCUT2D eigenvalue weighted by Gasteiger charge is -2.22. The molecule has 3 nitrogen and oxygen atoms in total. The molecule has 0 rings (SSSR count). The van der Waals surface area contributed by atoms with Gasteiger partial charge in [-0.1, -0.05) is 26.7 Å². The van der Waals surface area contributed by atoms with Crippen molar-refractivity contribution in [2.75, 3.05) is 39.3 Å². The van der Waals surface area contributed by atoms with E-state index >= 15 is 0 Å². The Morgan fingerprint density at radius 1 is 0.875 bits per heavy atom. The molecule has 0 radical (unpaired) electrons. The number of rotatable bonds is 12. The van der Waals surface area contributed by atoms with E-state index in [4.69, 9.17) is 5.11 Å². The Kier molecular flexibility index (Phi) is 12.9. The predicted molar refractivity (Wildman–Crippen MR) is 70.8 cm³/mol. The molecule has 0 spiro atoms. The molecule has 2 N–H and O–H groups in total. The molecule has 0 unspecified atom stereocenters. The molecular formula is C13H30N2O. The average Bonchev–Trinajstić information content (AvgIpc) is 2.31. The van der Waals surface area contributed by atoms with Crippen LogP contribution in [-0.2, 0) is 0 Å². The number of nitrogens with zero attached hydrogens (tertiary/aromatic N) is 1. The first kappa shape index (κ1) is 15.9. The van der Waals surface area contributed by atoms with Crippen molar-refractivity contribution in [1.29, 1.82) is 0 Å². The number of unbranched alkanes of at least 4 members (excludes halogenated alkanes) is 2. The maximum absolute atomic E-state index is 8.66. The van der Waals surface area contributed by atoms with Gasteiger partial charge in [-0.2, -0.15) is 0 Å². The minimum absolute atomic E-state index is 0.294. The maximum Gasteiger partial charge on any atom is 0.0443 e. The van der Waals surface area contributed by atoms with E-state index in [9.17, 15) is 0 Å². The zero-order valence-electron chi connectivity index (χ0n) is 11.2. The highest BCUT2D eigenvalue weighted by molar-refractivity contribution is 4.60. The van der Waals surface area contributed by atoms with Gasteiger partial charge in [0.1, 0.15) is 0 Å². The SMILES string of the molecule is CCCCN(CCCC)CCNCCCO. The summed E-state index contributed by atoms with van der Waals surface area (Å²) in [5.41, 5.74) is 0. The zero-order valence-corrected chi connectivity index (χ0v) is 11.2. The van der Waals surface area contributed by atoms with Crippen molar-refractivity contribution >= 4 is 0 Å². The van der Waals surface area contributed by atoms with E-state index in [1.54, 1.807) is 0 Å². The standard InChI is InChI=1S/C13H30N2O/c1-3-5-10-15(11-6-4-2)12-9-14-8-7-13-16/h14,16H,3-13H2,1-2H3. The largest absolute Gasteiger partial charge is 0.396 e. The van der Waals surface area contributed by atoms with Crippen LogP contribution in [0.5, 0.6) is 0 Å². The molecule has 0 aromatic carbocycles. The van der Waals surface area contributed by atoms with Crippen LogP contribution in [0.25, 0.3) is 0 Å². The highest BCUT2D eigenvalue weighted by atomic mass is 16.3. The second-order valence-electron chi connectivity index (χ2n) is 4.38. The minimum Gasteiger partial charge on any atom is -0.396 e. The molecule has 0 saturated heterocycles. The molecule has 0 aromatic rings. The molecule has 98 valence electrons. The number of hydrogen-bond acceptors (Lipinski definition) is 3. The summed E-state index contributed by atoms with van der Waals surface area (Å²) in [6, 6.07) is 0. The molecule has 0 saturated carbocycles. The fraction of sp³-hybridized carbons (Fsp3) is 1.00. The number of aliphatic hydroxyl groups excluding tert-OH is 1. The van der Waals surface area contributed by atoms with E-state index in [0.717, 1.165) is 26.1 Å². The zero-order chi connectivity index (χ0) is 12.1. The Labute approximate surface area is 101 Å². The second kappa shape index (κ2) is 12.9. The second-order valence-corrected chi connectivity index (χ2v) is 4.38. The molecule has 0 bridgehead atoms. The molecule has 0 amide bonds. The van der Waals surface area contributed by atoms with Crippen molar-refractivity contribution < 1.29 is 5.11 Å². The van der Waals surface area contributed by atoms with Gasteiger partial charge in [-0.3, -0.25) is 0 Å². The summed E-state index contributed by atoms with van der Waals surface area (Å²) in [5.74, 6) is 0. The first-order chi connectivity index (χ1) is 7.85. The van der Waals surface area contributed by atoms with Crippen LogP contribution >= 0.6 is 0 Å². The fourth-order valence-electron chi connectivity index (χ4n) is 1.67. The minimum atomic E-state index is 0.294. The quantitative estimate of drug-likeness (QED) is 0.502. The molecule has 0 fully saturated rings. The monoisotopic (exact) mass is 230 g/mol. The van der Waals surface area contributed by atoms with Crippen molar-refractivity contribution in [2.24, 2.45) is 0 Å². The average molecular weight is 230 g/mol. The predicted octanol–water partition coefficient (Wildman–Crippen LogP) is 1.86. The third-order valence-corrected chi connectivity index (χ3v) is 2.77. The van der Waals surface area contributed by atoms with Crippen molar-refractivity contribution in [3.63, 3.8) is 0 Å². The third-order valence-electron chi connectivity index (χ3n) is 2.77. The summed E-state index contributed by atoms with van der Waals surface area (Å²) >= 11 is 0. The molecular weight excluding hydrogens is 200 g/mol. The van der Waals surface area contributed by atoms with Crippen LogP contribution in [0.1, 0.15) is 46.0 Å². The van der Waals surface area contributed by atoms with Crippen molar-refractivity contribution in [2.45, 2.75) is 46.0 Å². The van der Waals surface area contributed by atoms with Crippen molar-refractivity contribution in [3.8, 4) is 0 Å². The van der Waals surface area contributed by atoms with Gasteiger partial charge >= 0.3 is 0 Å².